The van der Waals surface area contributed by atoms with E-state index in [1.54, 1.807) is 0 Å². The molecule has 0 aliphatic heterocycles. The lowest BCUT2D eigenvalue weighted by Gasteiger charge is -2.16. The molecule has 0 radical (unpaired) electrons. The molecule has 5 heterocycles. The van der Waals surface area contributed by atoms with Crippen LogP contribution in [0.5, 0.6) is 0 Å². The molecule has 1 aliphatic rings. The van der Waals surface area contributed by atoms with Gasteiger partial charge in [0.15, 0.2) is 5.82 Å². The fraction of sp³-hybridized carbons (Fsp3) is 0.0781. The van der Waals surface area contributed by atoms with E-state index in [1.807, 2.05) is 12.2 Å². The topological polar surface area (TPSA) is 58.4 Å². The molecule has 13 rings (SSSR count). The largest absolute Gasteiger partial charge is 0.308 e. The van der Waals surface area contributed by atoms with Gasteiger partial charge in [0.05, 0.1) is 33.1 Å². The summed E-state index contributed by atoms with van der Waals surface area (Å²) in [7, 11) is 0. The van der Waals surface area contributed by atoms with Crippen LogP contribution in [0, 0.1) is 13.8 Å². The number of aryl methyl sites for hydroxylation is 1. The van der Waals surface area contributed by atoms with E-state index in [0.29, 0.717) is 17.7 Å². The van der Waals surface area contributed by atoms with Gasteiger partial charge in [-0.05, 0) is 86.7 Å². The molecule has 0 N–H and O–H groups in total. The number of allylic oxidation sites excluding steroid dienone is 7. The number of fused-ring (bicyclic) bond motifs is 10. The van der Waals surface area contributed by atoms with E-state index in [1.165, 1.54) is 16.3 Å². The molecule has 0 fully saturated rings. The number of aromatic nitrogens is 7. The van der Waals surface area contributed by atoms with E-state index >= 15 is 0 Å². The first kappa shape index (κ1) is 42.1. The van der Waals surface area contributed by atoms with Crippen LogP contribution in [0.15, 0.2) is 201 Å². The van der Waals surface area contributed by atoms with Crippen molar-refractivity contribution in [1.29, 1.82) is 0 Å². The van der Waals surface area contributed by atoms with E-state index in [0.717, 1.165) is 113 Å². The average Bonchev–Trinajstić information content (AvgIpc) is 4.13. The van der Waals surface area contributed by atoms with E-state index in [-0.39, 0.29) is 0 Å². The third-order valence-corrected chi connectivity index (χ3v) is 14.3. The minimum Gasteiger partial charge on any atom is -0.308 e. The molecule has 7 heteroatoms. The van der Waals surface area contributed by atoms with Gasteiger partial charge in [-0.1, -0.05) is 176 Å². The van der Waals surface area contributed by atoms with Gasteiger partial charge in [-0.3, -0.25) is 9.13 Å². The molecule has 340 valence electrons. The first-order valence-corrected chi connectivity index (χ1v) is 24.4. The van der Waals surface area contributed by atoms with Gasteiger partial charge in [0.2, 0.25) is 11.9 Å². The van der Waals surface area contributed by atoms with Crippen LogP contribution in [0.3, 0.4) is 0 Å². The fourth-order valence-corrected chi connectivity index (χ4v) is 11.2. The number of nitrogens with zero attached hydrogens (tertiary/aromatic N) is 7. The van der Waals surface area contributed by atoms with Crippen molar-refractivity contribution in [3.63, 3.8) is 0 Å². The van der Waals surface area contributed by atoms with Gasteiger partial charge in [0.1, 0.15) is 0 Å². The Hall–Kier alpha value is -9.07. The fourth-order valence-electron chi connectivity index (χ4n) is 11.2. The first-order chi connectivity index (χ1) is 35.0. The van der Waals surface area contributed by atoms with E-state index in [9.17, 15) is 0 Å². The lowest BCUT2D eigenvalue weighted by Crippen LogP contribution is -2.12. The monoisotopic (exact) mass is 915 g/mol. The molecule has 71 heavy (non-hydrogen) atoms. The zero-order valence-electron chi connectivity index (χ0n) is 39.9. The molecule has 0 saturated carbocycles. The van der Waals surface area contributed by atoms with Crippen LogP contribution in [0.4, 0.5) is 0 Å². The lowest BCUT2D eigenvalue weighted by atomic mass is 10.0. The van der Waals surface area contributed by atoms with Crippen molar-refractivity contribution < 1.29 is 0 Å². The van der Waals surface area contributed by atoms with Crippen molar-refractivity contribution in [2.45, 2.75) is 33.6 Å². The molecule has 0 atom stereocenters. The van der Waals surface area contributed by atoms with Gasteiger partial charge in [-0.2, -0.15) is 15.0 Å². The summed E-state index contributed by atoms with van der Waals surface area (Å²) in [6.45, 7) is 10.6. The Kier molecular flexibility index (Phi) is 9.99. The van der Waals surface area contributed by atoms with Crippen LogP contribution < -0.4 is 0 Å². The van der Waals surface area contributed by atoms with Crippen molar-refractivity contribution in [2.75, 3.05) is 0 Å². The predicted octanol–water partition coefficient (Wildman–Crippen LogP) is 16.3. The second-order valence-corrected chi connectivity index (χ2v) is 18.3. The summed E-state index contributed by atoms with van der Waals surface area (Å²) in [6.07, 6.45) is 19.3. The minimum atomic E-state index is 0.524. The van der Waals surface area contributed by atoms with Crippen LogP contribution in [0.25, 0.3) is 123 Å². The molecule has 7 nitrogen and oxygen atoms in total. The number of rotatable bonds is 9. The third kappa shape index (κ3) is 6.54. The van der Waals surface area contributed by atoms with E-state index < -0.39 is 0 Å². The van der Waals surface area contributed by atoms with Crippen LogP contribution >= 0.6 is 0 Å². The van der Waals surface area contributed by atoms with Gasteiger partial charge in [-0.25, -0.2) is 0 Å². The summed E-state index contributed by atoms with van der Waals surface area (Å²) in [5.41, 5.74) is 16.2. The lowest BCUT2D eigenvalue weighted by molar-refractivity contribution is 0.865. The molecule has 0 spiro atoms. The van der Waals surface area contributed by atoms with Gasteiger partial charge in [0.25, 0.3) is 0 Å². The maximum Gasteiger partial charge on any atom is 0.240 e. The maximum absolute atomic E-state index is 5.72. The Morgan fingerprint density at radius 2 is 1.06 bits per heavy atom. The highest BCUT2D eigenvalue weighted by atomic mass is 15.3. The molecular weight excluding hydrogens is 867 g/mol. The normalized spacial score (nSPS) is 13.1. The number of hydrogen-bond donors (Lipinski definition) is 0. The molecular formula is C64H49N7. The Bertz CT molecular complexity index is 4240. The van der Waals surface area contributed by atoms with Gasteiger partial charge in [-0.15, -0.1) is 0 Å². The molecule has 12 aromatic rings. The van der Waals surface area contributed by atoms with Crippen molar-refractivity contribution in [2.24, 2.45) is 0 Å². The molecule has 0 unspecified atom stereocenters. The summed E-state index contributed by atoms with van der Waals surface area (Å²) >= 11 is 0. The van der Waals surface area contributed by atoms with Crippen molar-refractivity contribution in [3.8, 4) is 40.1 Å². The molecule has 5 aromatic heterocycles. The van der Waals surface area contributed by atoms with Gasteiger partial charge < -0.3 is 9.13 Å². The SMILES string of the molecule is C=CC=Cc1c(C)n(-c2nc(-c3ccc(-c4ccccc4)cc3)nc(-n3c4ccccc4c4ccc5c6ccccc6n(-c6ccccc6)c5c43)n2)c2c1ccc1c(C)c(C=CC)n(C3=CCCC=C3)c12. The molecule has 0 bridgehead atoms. The molecule has 0 saturated heterocycles. The highest BCUT2D eigenvalue weighted by molar-refractivity contribution is 6.23. The third-order valence-electron chi connectivity index (χ3n) is 14.3. The molecule has 7 aromatic carbocycles. The summed E-state index contributed by atoms with van der Waals surface area (Å²) in [4.78, 5) is 16.8. The summed E-state index contributed by atoms with van der Waals surface area (Å²) < 4.78 is 9.40. The van der Waals surface area contributed by atoms with Gasteiger partial charge >= 0.3 is 0 Å². The summed E-state index contributed by atoms with van der Waals surface area (Å²) in [5, 5.41) is 6.83. The van der Waals surface area contributed by atoms with Crippen LogP contribution in [-0.4, -0.2) is 33.2 Å². The first-order valence-electron chi connectivity index (χ1n) is 24.4. The second kappa shape index (κ2) is 16.9. The minimum absolute atomic E-state index is 0.524. The predicted molar refractivity (Wildman–Crippen MR) is 298 cm³/mol. The van der Waals surface area contributed by atoms with Crippen molar-refractivity contribution in [1.82, 2.24) is 33.2 Å². The Balaban J connectivity index is 1.19. The number of hydrogen-bond acceptors (Lipinski definition) is 3. The highest BCUT2D eigenvalue weighted by Gasteiger charge is 2.27. The Labute approximate surface area is 411 Å². The summed E-state index contributed by atoms with van der Waals surface area (Å²) in [5.74, 6) is 1.62. The Morgan fingerprint density at radius 1 is 0.493 bits per heavy atom. The van der Waals surface area contributed by atoms with E-state index in [2.05, 4.69) is 240 Å². The number of benzene rings is 7. The Morgan fingerprint density at radius 3 is 1.73 bits per heavy atom. The van der Waals surface area contributed by atoms with Gasteiger partial charge in [0, 0.05) is 66.2 Å². The quantitative estimate of drug-likeness (QED) is 0.136. The van der Waals surface area contributed by atoms with Crippen molar-refractivity contribution >= 4 is 83.3 Å². The standard InChI is InChI=1S/C64H49N7/c1-5-7-28-49-42(4)68(59-52(49)38-37-48-41(3)55(21-6-2)69(58(48)59)46-24-13-9-14-25-46)63-65-62(45-35-33-44(34-36-45)43-22-11-8-12-23-43)66-64(67-63)71-57-32-20-18-30-51(57)54-40-39-53-50-29-17-19-31-56(50)70(60(53)61(54)71)47-26-15-10-16-27-47/h5-8,10-13,15-40H,1,9,14H2,2-4H3. The number of para-hydroxylation sites is 3. The summed E-state index contributed by atoms with van der Waals surface area (Å²) in [6, 6.07) is 56.2. The maximum atomic E-state index is 5.72. The smallest absolute Gasteiger partial charge is 0.240 e. The molecule has 0 amide bonds. The van der Waals surface area contributed by atoms with Crippen molar-refractivity contribution in [3.05, 3.63) is 223 Å². The second-order valence-electron chi connectivity index (χ2n) is 18.3. The molecule has 1 aliphatic carbocycles. The average molecular weight is 916 g/mol. The zero-order chi connectivity index (χ0) is 47.7. The van der Waals surface area contributed by atoms with Crippen LogP contribution in [0.1, 0.15) is 42.3 Å². The van der Waals surface area contributed by atoms with E-state index in [4.69, 9.17) is 15.0 Å². The highest BCUT2D eigenvalue weighted by Crippen LogP contribution is 2.44. The van der Waals surface area contributed by atoms with Crippen LogP contribution in [-0.2, 0) is 0 Å². The van der Waals surface area contributed by atoms with Crippen LogP contribution in [0.2, 0.25) is 0 Å². The zero-order valence-corrected chi connectivity index (χ0v) is 39.9.